The number of carbonyl (C=O) groups is 4. The number of benzene rings is 3. The predicted molar refractivity (Wildman–Crippen MR) is 197 cm³/mol. The number of halogens is 5. The normalized spacial score (nSPS) is 25.5. The maximum Gasteiger partial charge on any atom is 0.417 e. The summed E-state index contributed by atoms with van der Waals surface area (Å²) in [6, 6.07) is 16.3. The van der Waals surface area contributed by atoms with Crippen molar-refractivity contribution in [2.75, 3.05) is 17.4 Å². The number of nitro benzene ring substituents is 1. The maximum absolute atomic E-state index is 15.3. The number of fused-ring (bicyclic) bond motifs is 4. The van der Waals surface area contributed by atoms with E-state index in [1.165, 1.54) is 55.6 Å². The summed E-state index contributed by atoms with van der Waals surface area (Å²) in [5, 5.41) is 22.4. The predicted octanol–water partition coefficient (Wildman–Crippen LogP) is 7.22. The quantitative estimate of drug-likeness (QED) is 0.0839. The van der Waals surface area contributed by atoms with Crippen molar-refractivity contribution in [1.29, 1.82) is 0 Å². The smallest absolute Gasteiger partial charge is 0.417 e. The number of methoxy groups -OCH3 is 1. The Morgan fingerprint density at radius 1 is 0.965 bits per heavy atom. The number of rotatable bonds is 7. The molecule has 0 bridgehead atoms. The fraction of sp³-hybridized carbons (Fsp3) is 0.256. The van der Waals surface area contributed by atoms with Crippen LogP contribution in [0.2, 0.25) is 10.0 Å². The molecular formula is C39H28Cl2F3N5O8. The minimum absolute atomic E-state index is 0.0377. The molecule has 6 atom stereocenters. The number of pyridine rings is 1. The molecule has 4 amide bonds. The van der Waals surface area contributed by atoms with Crippen LogP contribution in [0.5, 0.6) is 11.5 Å². The van der Waals surface area contributed by atoms with Crippen LogP contribution < -0.4 is 15.1 Å². The Morgan fingerprint density at radius 2 is 1.67 bits per heavy atom. The number of amides is 4. The van der Waals surface area contributed by atoms with E-state index in [1.807, 2.05) is 0 Å². The highest BCUT2D eigenvalue weighted by atomic mass is 35.5. The third kappa shape index (κ3) is 5.79. The number of alkyl halides is 3. The second-order valence-corrected chi connectivity index (χ2v) is 15.0. The minimum atomic E-state index is -4.78. The van der Waals surface area contributed by atoms with E-state index in [9.17, 15) is 42.8 Å². The number of carbonyl (C=O) groups excluding carboxylic acids is 4. The standard InChI is InChI=1S/C39H28Cl2F3N5O8/c1-57-30-14-18(2-13-29(30)50)32-24-11-12-25-31(36(53)47(34(25)51)22-7-9-23(10-8-22)49(55)56)26(24)16-27-35(52)48(37(54)38(27,32)19-3-5-21(40)6-4-19)46-33-28(41)15-20(17-45-33)39(42,43)44/h2-11,13-15,17,25-27,31-32,50H,12,16H2,1H3,(H,45,46). The second kappa shape index (κ2) is 13.6. The van der Waals surface area contributed by atoms with Crippen LogP contribution in [0.15, 0.2) is 90.6 Å². The zero-order valence-corrected chi connectivity index (χ0v) is 30.9. The van der Waals surface area contributed by atoms with E-state index in [0.717, 1.165) is 4.90 Å². The molecule has 18 heteroatoms. The summed E-state index contributed by atoms with van der Waals surface area (Å²) in [6.07, 6.45) is -2.56. The van der Waals surface area contributed by atoms with Crippen molar-refractivity contribution >= 4 is 64.0 Å². The molecule has 3 aromatic carbocycles. The number of imide groups is 2. The van der Waals surface area contributed by atoms with Crippen LogP contribution in [0, 0.1) is 33.8 Å². The van der Waals surface area contributed by atoms with Gasteiger partial charge in [0.15, 0.2) is 17.3 Å². The molecule has 8 rings (SSSR count). The molecular weight excluding hydrogens is 794 g/mol. The van der Waals surface area contributed by atoms with Gasteiger partial charge in [-0.15, -0.1) is 0 Å². The van der Waals surface area contributed by atoms with Gasteiger partial charge in [0.1, 0.15) is 0 Å². The first-order valence-corrected chi connectivity index (χ1v) is 18.2. The van der Waals surface area contributed by atoms with Crippen molar-refractivity contribution < 1.29 is 47.1 Å². The lowest BCUT2D eigenvalue weighted by Gasteiger charge is -2.50. The third-order valence-corrected chi connectivity index (χ3v) is 12.0. The van der Waals surface area contributed by atoms with E-state index in [0.29, 0.717) is 39.0 Å². The molecule has 2 aliphatic heterocycles. The van der Waals surface area contributed by atoms with Crippen LogP contribution in [0.4, 0.5) is 30.4 Å². The Kier molecular flexibility index (Phi) is 9.03. The van der Waals surface area contributed by atoms with Crippen LogP contribution in [-0.4, -0.2) is 50.8 Å². The number of hydrogen-bond acceptors (Lipinski definition) is 10. The van der Waals surface area contributed by atoms with Crippen LogP contribution in [0.1, 0.15) is 35.4 Å². The number of allylic oxidation sites excluding steroid dienone is 2. The van der Waals surface area contributed by atoms with Crippen LogP contribution in [0.3, 0.4) is 0 Å². The molecule has 4 aromatic rings. The van der Waals surface area contributed by atoms with Crippen molar-refractivity contribution in [2.24, 2.45) is 23.7 Å². The zero-order chi connectivity index (χ0) is 40.7. The van der Waals surface area contributed by atoms with Gasteiger partial charge in [-0.05, 0) is 72.4 Å². The number of ether oxygens (including phenoxy) is 1. The van der Waals surface area contributed by atoms with Gasteiger partial charge in [0.25, 0.3) is 17.5 Å². The van der Waals surface area contributed by atoms with Gasteiger partial charge in [-0.2, -0.15) is 18.2 Å². The molecule has 1 saturated carbocycles. The van der Waals surface area contributed by atoms with E-state index in [1.54, 1.807) is 24.3 Å². The number of nitrogens with zero attached hydrogens (tertiary/aromatic N) is 4. The summed E-state index contributed by atoms with van der Waals surface area (Å²) in [5.74, 6) is -8.41. The van der Waals surface area contributed by atoms with Crippen LogP contribution >= 0.6 is 23.2 Å². The van der Waals surface area contributed by atoms with Gasteiger partial charge in [0, 0.05) is 29.3 Å². The summed E-state index contributed by atoms with van der Waals surface area (Å²) in [5.41, 5.74) is 0.777. The van der Waals surface area contributed by atoms with Gasteiger partial charge in [-0.3, -0.25) is 39.6 Å². The lowest BCUT2D eigenvalue weighted by Crippen LogP contribution is -2.53. The SMILES string of the molecule is COc1cc(C2C3=CCC4C(=O)N(c5ccc([N+](=O)[O-])cc5)C(=O)C4C3CC3C(=O)N(Nc4ncc(C(F)(F)F)cc4Cl)C(=O)C32c2ccc(Cl)cc2)ccc1O. The number of non-ortho nitro benzene ring substituents is 1. The summed E-state index contributed by atoms with van der Waals surface area (Å²) in [6.45, 7) is 0. The molecule has 1 aromatic heterocycles. The van der Waals surface area contributed by atoms with Crippen molar-refractivity contribution in [3.05, 3.63) is 127 Å². The molecule has 2 N–H and O–H groups in total. The molecule has 13 nitrogen and oxygen atoms in total. The highest BCUT2D eigenvalue weighted by molar-refractivity contribution is 6.33. The molecule has 4 aliphatic rings. The van der Waals surface area contributed by atoms with E-state index >= 15 is 4.79 Å². The lowest BCUT2D eigenvalue weighted by atomic mass is 9.49. The molecule has 6 unspecified atom stereocenters. The summed E-state index contributed by atoms with van der Waals surface area (Å²) < 4.78 is 45.9. The van der Waals surface area contributed by atoms with Crippen molar-refractivity contribution in [3.63, 3.8) is 0 Å². The Morgan fingerprint density at radius 3 is 2.30 bits per heavy atom. The van der Waals surface area contributed by atoms with E-state index in [2.05, 4.69) is 10.4 Å². The topological polar surface area (TPSA) is 172 Å². The van der Waals surface area contributed by atoms with Crippen molar-refractivity contribution in [1.82, 2.24) is 9.99 Å². The minimum Gasteiger partial charge on any atom is -0.504 e. The van der Waals surface area contributed by atoms with Crippen LogP contribution in [-0.2, 0) is 30.8 Å². The number of phenols is 1. The number of aromatic hydroxyl groups is 1. The molecule has 0 radical (unpaired) electrons. The molecule has 292 valence electrons. The number of anilines is 2. The van der Waals surface area contributed by atoms with E-state index in [-0.39, 0.29) is 35.7 Å². The Bertz CT molecular complexity index is 2430. The fourth-order valence-corrected chi connectivity index (χ4v) is 9.34. The summed E-state index contributed by atoms with van der Waals surface area (Å²) >= 11 is 12.6. The Labute approximate surface area is 330 Å². The number of hydrogen-bond donors (Lipinski definition) is 2. The van der Waals surface area contributed by atoms with Crippen molar-refractivity contribution in [2.45, 2.75) is 30.4 Å². The molecule has 0 spiro atoms. The summed E-state index contributed by atoms with van der Waals surface area (Å²) in [4.78, 5) is 74.1. The van der Waals surface area contributed by atoms with Gasteiger partial charge in [0.2, 0.25) is 11.8 Å². The largest absolute Gasteiger partial charge is 0.504 e. The van der Waals surface area contributed by atoms with Crippen LogP contribution in [0.25, 0.3) is 0 Å². The van der Waals surface area contributed by atoms with Gasteiger partial charge >= 0.3 is 6.18 Å². The molecule has 2 saturated heterocycles. The number of nitro groups is 1. The van der Waals surface area contributed by atoms with E-state index < -0.39 is 86.1 Å². The number of hydrazine groups is 1. The van der Waals surface area contributed by atoms with Crippen molar-refractivity contribution in [3.8, 4) is 11.5 Å². The van der Waals surface area contributed by atoms with Gasteiger partial charge in [-0.25, -0.2) is 4.98 Å². The number of phenolic OH excluding ortho intramolecular Hbond substituents is 1. The van der Waals surface area contributed by atoms with Gasteiger partial charge in [-0.1, -0.05) is 53.1 Å². The first-order chi connectivity index (χ1) is 27.1. The number of aromatic nitrogens is 1. The fourth-order valence-electron chi connectivity index (χ4n) is 9.01. The monoisotopic (exact) mass is 821 g/mol. The lowest BCUT2D eigenvalue weighted by molar-refractivity contribution is -0.384. The zero-order valence-electron chi connectivity index (χ0n) is 29.4. The molecule has 2 aliphatic carbocycles. The first kappa shape index (κ1) is 37.9. The Hall–Kier alpha value is -6.00. The maximum atomic E-state index is 15.3. The molecule has 57 heavy (non-hydrogen) atoms. The van der Waals surface area contributed by atoms with Gasteiger partial charge < -0.3 is 9.84 Å². The summed E-state index contributed by atoms with van der Waals surface area (Å²) in [7, 11) is 1.33. The molecule has 3 fully saturated rings. The number of nitrogens with one attached hydrogen (secondary N) is 1. The average molecular weight is 823 g/mol. The third-order valence-electron chi connectivity index (χ3n) is 11.4. The average Bonchev–Trinajstić information content (AvgIpc) is 3.56. The molecule has 3 heterocycles. The Balaban J connectivity index is 1.30. The van der Waals surface area contributed by atoms with E-state index in [4.69, 9.17) is 27.9 Å². The first-order valence-electron chi connectivity index (χ1n) is 17.4. The highest BCUT2D eigenvalue weighted by Crippen LogP contribution is 2.64. The highest BCUT2D eigenvalue weighted by Gasteiger charge is 2.70. The second-order valence-electron chi connectivity index (χ2n) is 14.1. The van der Waals surface area contributed by atoms with Gasteiger partial charge in [0.05, 0.1) is 51.5 Å².